The van der Waals surface area contributed by atoms with Crippen molar-refractivity contribution in [2.24, 2.45) is 0 Å². The van der Waals surface area contributed by atoms with Crippen LogP contribution < -0.4 is 19.9 Å². The minimum absolute atomic E-state index is 0.307. The zero-order valence-corrected chi connectivity index (χ0v) is 10.4. The van der Waals surface area contributed by atoms with Gasteiger partial charge in [0.2, 0.25) is 0 Å². The fourth-order valence-corrected chi connectivity index (χ4v) is 1.64. The lowest BCUT2D eigenvalue weighted by molar-refractivity contribution is 0.348. The molecular formula is C12H14N2O4. The number of nitrogens with zero attached hydrogens (tertiary/aromatic N) is 1. The van der Waals surface area contributed by atoms with Gasteiger partial charge in [0.05, 0.1) is 26.9 Å². The molecule has 0 spiro atoms. The van der Waals surface area contributed by atoms with Crippen LogP contribution in [0.4, 0.5) is 5.82 Å². The first-order valence-corrected chi connectivity index (χ1v) is 5.22. The van der Waals surface area contributed by atoms with Gasteiger partial charge in [-0.25, -0.2) is 0 Å². The Bertz CT molecular complexity index is 551. The lowest BCUT2D eigenvalue weighted by Gasteiger charge is -2.12. The van der Waals surface area contributed by atoms with E-state index >= 15 is 0 Å². The third-order valence-electron chi connectivity index (χ3n) is 2.50. The summed E-state index contributed by atoms with van der Waals surface area (Å²) in [6.07, 6.45) is 0. The van der Waals surface area contributed by atoms with E-state index in [0.717, 1.165) is 0 Å². The lowest BCUT2D eigenvalue weighted by atomic mass is 10.1. The Balaban J connectivity index is 2.58. The van der Waals surface area contributed by atoms with E-state index in [4.69, 9.17) is 24.5 Å². The topological polar surface area (TPSA) is 79.7 Å². The minimum atomic E-state index is 0.307. The molecule has 0 amide bonds. The van der Waals surface area contributed by atoms with Gasteiger partial charge in [-0.3, -0.25) is 0 Å². The first kappa shape index (κ1) is 12.1. The highest BCUT2D eigenvalue weighted by Gasteiger charge is 2.16. The Morgan fingerprint density at radius 2 is 1.56 bits per heavy atom. The fraction of sp³-hybridized carbons (Fsp3) is 0.250. The molecule has 0 aliphatic heterocycles. The van der Waals surface area contributed by atoms with Gasteiger partial charge in [0.25, 0.3) is 0 Å². The van der Waals surface area contributed by atoms with Crippen LogP contribution in [0.1, 0.15) is 0 Å². The highest BCUT2D eigenvalue weighted by atomic mass is 16.5. The highest BCUT2D eigenvalue weighted by molar-refractivity contribution is 5.71. The van der Waals surface area contributed by atoms with Gasteiger partial charge in [-0.05, 0) is 6.07 Å². The van der Waals surface area contributed by atoms with Crippen molar-refractivity contribution in [1.29, 1.82) is 0 Å². The second-order valence-electron chi connectivity index (χ2n) is 3.52. The van der Waals surface area contributed by atoms with Gasteiger partial charge < -0.3 is 24.5 Å². The van der Waals surface area contributed by atoms with Gasteiger partial charge in [0, 0.05) is 12.1 Å². The molecule has 0 unspecified atom stereocenters. The molecule has 0 aliphatic carbocycles. The summed E-state index contributed by atoms with van der Waals surface area (Å²) in [5.74, 6) is 2.55. The summed E-state index contributed by atoms with van der Waals surface area (Å²) in [5, 5.41) is 3.64. The lowest BCUT2D eigenvalue weighted by Crippen LogP contribution is -1.94. The number of methoxy groups -OCH3 is 3. The Kier molecular flexibility index (Phi) is 3.27. The van der Waals surface area contributed by atoms with Gasteiger partial charge in [-0.1, -0.05) is 5.16 Å². The van der Waals surface area contributed by atoms with Crippen LogP contribution in [-0.2, 0) is 0 Å². The number of rotatable bonds is 4. The molecule has 1 heterocycles. The standard InChI is InChI=1S/C12H14N2O4/c1-15-8-5-11(17-3)10(16-2)4-7(8)9-6-12(13)14-18-9/h4-6H,1-3H3,(H2,13,14). The number of nitrogens with two attached hydrogens (primary N) is 1. The second kappa shape index (κ2) is 4.87. The minimum Gasteiger partial charge on any atom is -0.496 e. The highest BCUT2D eigenvalue weighted by Crippen LogP contribution is 2.40. The maximum atomic E-state index is 5.53. The van der Waals surface area contributed by atoms with Crippen LogP contribution >= 0.6 is 0 Å². The Morgan fingerprint density at radius 1 is 0.944 bits per heavy atom. The zero-order valence-electron chi connectivity index (χ0n) is 10.4. The van der Waals surface area contributed by atoms with E-state index < -0.39 is 0 Å². The third kappa shape index (κ3) is 2.04. The molecule has 0 atom stereocenters. The molecule has 0 bridgehead atoms. The number of hydrogen-bond donors (Lipinski definition) is 1. The Labute approximate surface area is 104 Å². The van der Waals surface area contributed by atoms with E-state index in [1.54, 1.807) is 39.5 Å². The SMILES string of the molecule is COc1cc(OC)c(-c2cc(N)no2)cc1OC. The average molecular weight is 250 g/mol. The van der Waals surface area contributed by atoms with Crippen LogP contribution in [-0.4, -0.2) is 26.5 Å². The van der Waals surface area contributed by atoms with E-state index in [1.807, 2.05) is 0 Å². The predicted octanol–water partition coefficient (Wildman–Crippen LogP) is 1.95. The smallest absolute Gasteiger partial charge is 0.172 e. The largest absolute Gasteiger partial charge is 0.496 e. The van der Waals surface area contributed by atoms with Crippen LogP contribution in [0.3, 0.4) is 0 Å². The van der Waals surface area contributed by atoms with Crippen molar-refractivity contribution in [3.63, 3.8) is 0 Å². The van der Waals surface area contributed by atoms with Gasteiger partial charge in [-0.15, -0.1) is 0 Å². The maximum Gasteiger partial charge on any atom is 0.172 e. The number of nitrogen functional groups attached to an aromatic ring is 1. The summed E-state index contributed by atoms with van der Waals surface area (Å²) in [5.41, 5.74) is 6.23. The van der Waals surface area contributed by atoms with Crippen molar-refractivity contribution in [2.75, 3.05) is 27.1 Å². The van der Waals surface area contributed by atoms with E-state index in [-0.39, 0.29) is 0 Å². The molecule has 0 radical (unpaired) electrons. The molecule has 0 aliphatic rings. The van der Waals surface area contributed by atoms with Crippen molar-refractivity contribution >= 4 is 5.82 Å². The van der Waals surface area contributed by atoms with Crippen LogP contribution in [0.25, 0.3) is 11.3 Å². The molecule has 6 nitrogen and oxygen atoms in total. The summed E-state index contributed by atoms with van der Waals surface area (Å²) in [6, 6.07) is 5.08. The van der Waals surface area contributed by atoms with E-state index in [0.29, 0.717) is 34.4 Å². The number of benzene rings is 1. The van der Waals surface area contributed by atoms with Crippen LogP contribution in [0.15, 0.2) is 22.7 Å². The number of ether oxygens (including phenoxy) is 3. The number of aromatic nitrogens is 1. The molecule has 2 rings (SSSR count). The molecule has 18 heavy (non-hydrogen) atoms. The van der Waals surface area contributed by atoms with Crippen LogP contribution in [0.5, 0.6) is 17.2 Å². The molecule has 1 aromatic carbocycles. The van der Waals surface area contributed by atoms with Crippen molar-refractivity contribution < 1.29 is 18.7 Å². The number of anilines is 1. The molecule has 1 aromatic heterocycles. The van der Waals surface area contributed by atoms with Crippen molar-refractivity contribution in [2.45, 2.75) is 0 Å². The first-order chi connectivity index (χ1) is 8.69. The summed E-state index contributed by atoms with van der Waals surface area (Å²) < 4.78 is 20.8. The fourth-order valence-electron chi connectivity index (χ4n) is 1.64. The molecule has 6 heteroatoms. The number of hydrogen-bond acceptors (Lipinski definition) is 6. The van der Waals surface area contributed by atoms with Gasteiger partial charge in [0.1, 0.15) is 5.75 Å². The average Bonchev–Trinajstić information content (AvgIpc) is 2.83. The molecule has 2 aromatic rings. The van der Waals surface area contributed by atoms with E-state index in [2.05, 4.69) is 5.16 Å². The molecule has 0 saturated heterocycles. The van der Waals surface area contributed by atoms with Gasteiger partial charge >= 0.3 is 0 Å². The summed E-state index contributed by atoms with van der Waals surface area (Å²) >= 11 is 0. The van der Waals surface area contributed by atoms with Crippen molar-refractivity contribution in [3.8, 4) is 28.6 Å². The monoisotopic (exact) mass is 250 g/mol. The molecule has 0 fully saturated rings. The quantitative estimate of drug-likeness (QED) is 0.893. The molecule has 0 saturated carbocycles. The van der Waals surface area contributed by atoms with Crippen LogP contribution in [0.2, 0.25) is 0 Å². The third-order valence-corrected chi connectivity index (χ3v) is 2.50. The zero-order chi connectivity index (χ0) is 13.1. The van der Waals surface area contributed by atoms with Gasteiger partial charge in [-0.2, -0.15) is 0 Å². The van der Waals surface area contributed by atoms with Crippen molar-refractivity contribution in [1.82, 2.24) is 5.16 Å². The molecule has 2 N–H and O–H groups in total. The summed E-state index contributed by atoms with van der Waals surface area (Å²) in [4.78, 5) is 0. The van der Waals surface area contributed by atoms with Crippen LogP contribution in [0, 0.1) is 0 Å². The van der Waals surface area contributed by atoms with Crippen molar-refractivity contribution in [3.05, 3.63) is 18.2 Å². The first-order valence-electron chi connectivity index (χ1n) is 5.22. The van der Waals surface area contributed by atoms with Gasteiger partial charge in [0.15, 0.2) is 23.1 Å². The predicted molar refractivity (Wildman–Crippen MR) is 66.0 cm³/mol. The molecular weight excluding hydrogens is 236 g/mol. The van der Waals surface area contributed by atoms with E-state index in [1.165, 1.54) is 0 Å². The Morgan fingerprint density at radius 3 is 2.06 bits per heavy atom. The normalized spacial score (nSPS) is 10.2. The van der Waals surface area contributed by atoms with E-state index in [9.17, 15) is 0 Å². The second-order valence-corrected chi connectivity index (χ2v) is 3.52. The Hall–Kier alpha value is -2.37. The maximum absolute atomic E-state index is 5.53. The summed E-state index contributed by atoms with van der Waals surface area (Å²) in [7, 11) is 4.68. The molecule has 96 valence electrons. The summed E-state index contributed by atoms with van der Waals surface area (Å²) in [6.45, 7) is 0.